The van der Waals surface area contributed by atoms with Gasteiger partial charge in [0.05, 0.1) is 18.6 Å². The van der Waals surface area contributed by atoms with E-state index in [-0.39, 0.29) is 62.9 Å². The lowest BCUT2D eigenvalue weighted by molar-refractivity contribution is -0.143. The third kappa shape index (κ3) is 24.5. The minimum absolute atomic E-state index is 0.00381. The third-order valence-electron chi connectivity index (χ3n) is 12.7. The molecule has 0 radical (unpaired) electrons. The number of aliphatic imine (C=N–C) groups is 1. The fourth-order valence-corrected chi connectivity index (χ4v) is 8.36. The highest BCUT2D eigenvalue weighted by atomic mass is 16.4. The van der Waals surface area contributed by atoms with Gasteiger partial charge in [-0.25, -0.2) is 4.79 Å². The Labute approximate surface area is 474 Å². The van der Waals surface area contributed by atoms with Crippen LogP contribution in [0.15, 0.2) is 35.5 Å². The Morgan fingerprint density at radius 2 is 0.988 bits per heavy atom. The van der Waals surface area contributed by atoms with Crippen molar-refractivity contribution in [3.8, 4) is 0 Å². The first-order chi connectivity index (χ1) is 38.3. The molecule has 2 aromatic rings. The summed E-state index contributed by atoms with van der Waals surface area (Å²) in [4.78, 5) is 166. The third-order valence-corrected chi connectivity index (χ3v) is 12.7. The van der Waals surface area contributed by atoms with E-state index in [2.05, 4.69) is 52.5 Å². The number of nitrogens with zero attached hydrogens (tertiary/aromatic N) is 1. The van der Waals surface area contributed by atoms with Gasteiger partial charge in [0, 0.05) is 42.9 Å². The molecule has 0 fully saturated rings. The molecule has 11 amide bonds. The van der Waals surface area contributed by atoms with Crippen LogP contribution >= 0.6 is 0 Å². The summed E-state index contributed by atoms with van der Waals surface area (Å²) in [6.07, 6.45) is -2.48. The first-order valence-electron chi connectivity index (χ1n) is 26.9. The quantitative estimate of drug-likeness (QED) is 0.0173. The largest absolute Gasteiger partial charge is 0.480 e. The smallest absolute Gasteiger partial charge is 0.326 e. The molecule has 82 heavy (non-hydrogen) atoms. The van der Waals surface area contributed by atoms with Crippen LogP contribution in [0.1, 0.15) is 112 Å². The number of aliphatic carboxylic acids is 1. The zero-order chi connectivity index (χ0) is 62.1. The van der Waals surface area contributed by atoms with Crippen LogP contribution in [-0.2, 0) is 64.0 Å². The maximum absolute atomic E-state index is 14.3. The van der Waals surface area contributed by atoms with Gasteiger partial charge in [-0.05, 0) is 74.8 Å². The van der Waals surface area contributed by atoms with E-state index in [0.717, 1.165) is 6.92 Å². The summed E-state index contributed by atoms with van der Waals surface area (Å²) in [7, 11) is 0. The molecule has 23 N–H and O–H groups in total. The van der Waals surface area contributed by atoms with E-state index >= 15 is 0 Å². The molecule has 0 aliphatic heterocycles. The molecule has 0 saturated heterocycles. The number of amides is 11. The number of carbonyl (C=O) groups excluding carboxylic acids is 11. The first kappa shape index (κ1) is 69.7. The van der Waals surface area contributed by atoms with Gasteiger partial charge < -0.3 is 92.1 Å². The van der Waals surface area contributed by atoms with Gasteiger partial charge in [0.1, 0.15) is 48.3 Å². The van der Waals surface area contributed by atoms with E-state index in [1.807, 2.05) is 0 Å². The van der Waals surface area contributed by atoms with Crippen molar-refractivity contribution in [2.24, 2.45) is 57.1 Å². The molecule has 1 aromatic carbocycles. The Kier molecular flexibility index (Phi) is 28.9. The lowest BCUT2D eigenvalue weighted by Crippen LogP contribution is -2.62. The zero-order valence-electron chi connectivity index (χ0n) is 47.4. The molecule has 0 bridgehead atoms. The molecule has 0 unspecified atom stereocenters. The average molecular weight is 1160 g/mol. The molecule has 1 heterocycles. The number of para-hydroxylation sites is 1. The number of aliphatic hydroxyl groups excluding tert-OH is 1. The number of hydrogen-bond donors (Lipinski definition) is 17. The molecule has 456 valence electrons. The van der Waals surface area contributed by atoms with Crippen molar-refractivity contribution in [3.05, 3.63) is 36.0 Å². The standard InChI is InChI=1S/C52H84N16O14/c1-24(2)19-34(63-43(73)30(53)12-10-18-59-52(57)58)45(75)64-35(20-25(3)4)47(77)68-42(27(7)69)50(80)61-32(14-16-38(54)70)44(74)66-37(22-40(56)72)46(76)65-36(21-28-23-60-31-13-9-8-11-29(28)31)48(78)67-41(26(5)6)49(79)62-33(51(81)82)15-17-39(55)71/h8-9,11,13,23-27,30,32-37,41-42,60,69H,10,12,14-22,53H2,1-7H3,(H2,54,70)(H2,55,71)(H2,56,72)(H,61,80)(H,62,79)(H,63,73)(H,64,75)(H,65,76)(H,66,74)(H,67,78)(H,68,77)(H,81,82)(H4,57,58,59)/t27-,30+,32+,33+,34+,35+,36+,37+,41+,42+/m1/s1. The van der Waals surface area contributed by atoms with Crippen LogP contribution in [0.4, 0.5) is 0 Å². The van der Waals surface area contributed by atoms with Gasteiger partial charge >= 0.3 is 5.97 Å². The number of aliphatic hydroxyl groups is 1. The molecule has 30 heteroatoms. The number of aromatic nitrogens is 1. The molecular weight excluding hydrogens is 1070 g/mol. The number of aromatic amines is 1. The highest BCUT2D eigenvalue weighted by Crippen LogP contribution is 2.20. The summed E-state index contributed by atoms with van der Waals surface area (Å²) in [5.74, 6) is -13.5. The van der Waals surface area contributed by atoms with Crippen LogP contribution in [0.25, 0.3) is 10.9 Å². The molecule has 0 aliphatic rings. The van der Waals surface area contributed by atoms with E-state index in [0.29, 0.717) is 22.9 Å². The zero-order valence-corrected chi connectivity index (χ0v) is 47.4. The number of benzene rings is 1. The Morgan fingerprint density at radius 1 is 0.537 bits per heavy atom. The van der Waals surface area contributed by atoms with Crippen LogP contribution in [0.3, 0.4) is 0 Å². The second-order valence-electron chi connectivity index (χ2n) is 21.2. The number of fused-ring (bicyclic) bond motifs is 1. The van der Waals surface area contributed by atoms with Gasteiger partial charge in [-0.2, -0.15) is 0 Å². The summed E-state index contributed by atoms with van der Waals surface area (Å²) >= 11 is 0. The molecule has 30 nitrogen and oxygen atoms in total. The summed E-state index contributed by atoms with van der Waals surface area (Å²) in [6.45, 7) is 11.5. The molecule has 2 rings (SSSR count). The molecule has 0 saturated carbocycles. The number of nitrogens with one attached hydrogen (secondary N) is 9. The maximum Gasteiger partial charge on any atom is 0.326 e. The molecular formula is C52H84N16O14. The van der Waals surface area contributed by atoms with E-state index in [1.165, 1.54) is 0 Å². The lowest BCUT2D eigenvalue weighted by atomic mass is 9.99. The fraction of sp³-hybridized carbons (Fsp3) is 0.596. The monoisotopic (exact) mass is 1160 g/mol. The van der Waals surface area contributed by atoms with Gasteiger partial charge in [-0.1, -0.05) is 59.7 Å². The molecule has 1 aromatic heterocycles. The van der Waals surface area contributed by atoms with Crippen molar-refractivity contribution in [1.82, 2.24) is 47.5 Å². The number of primary amides is 3. The van der Waals surface area contributed by atoms with Gasteiger partial charge in [0.25, 0.3) is 0 Å². The number of carbonyl (C=O) groups is 12. The predicted octanol–water partition coefficient (Wildman–Crippen LogP) is -4.41. The molecule has 0 spiro atoms. The normalized spacial score (nSPS) is 14.9. The highest BCUT2D eigenvalue weighted by molar-refractivity contribution is 6.00. The number of rotatable bonds is 37. The number of carboxylic acids is 1. The summed E-state index contributed by atoms with van der Waals surface area (Å²) in [5.41, 5.74) is 34.1. The van der Waals surface area contributed by atoms with E-state index in [9.17, 15) is 67.7 Å². The van der Waals surface area contributed by atoms with Crippen molar-refractivity contribution in [3.63, 3.8) is 0 Å². The van der Waals surface area contributed by atoms with Crippen molar-refractivity contribution < 1.29 is 67.7 Å². The van der Waals surface area contributed by atoms with Crippen molar-refractivity contribution >= 4 is 87.8 Å². The van der Waals surface area contributed by atoms with Gasteiger partial charge in [-0.3, -0.25) is 57.7 Å². The SMILES string of the molecule is CC(C)C[C@H](NC(=O)[C@H](CC(C)C)NC(=O)[C@@H](N)CCCN=C(N)N)C(=O)N[C@H](C(=O)N[C@@H](CCC(N)=O)C(=O)N[C@@H](CC(N)=O)C(=O)N[C@@H](Cc1c[nH]c2ccccc12)C(=O)N[C@H](C(=O)N[C@@H](CCC(N)=O)C(=O)O)C(C)C)[C@@H](C)O. The van der Waals surface area contributed by atoms with Crippen molar-refractivity contribution in [2.45, 2.75) is 173 Å². The molecule has 10 atom stereocenters. The van der Waals surface area contributed by atoms with Crippen molar-refractivity contribution in [1.29, 1.82) is 0 Å². The number of guanidine groups is 1. The number of H-pyrrole nitrogens is 1. The van der Waals surface area contributed by atoms with Crippen LogP contribution in [0.2, 0.25) is 0 Å². The summed E-state index contributed by atoms with van der Waals surface area (Å²) in [5, 5.41) is 40.9. The van der Waals surface area contributed by atoms with E-state index in [1.54, 1.807) is 72.0 Å². The number of hydrogen-bond acceptors (Lipinski definition) is 15. The van der Waals surface area contributed by atoms with Crippen LogP contribution in [0.5, 0.6) is 0 Å². The van der Waals surface area contributed by atoms with Crippen LogP contribution in [0, 0.1) is 17.8 Å². The van der Waals surface area contributed by atoms with E-state index < -0.39 is 157 Å². The average Bonchev–Trinajstić information content (AvgIpc) is 3.95. The minimum Gasteiger partial charge on any atom is -0.480 e. The summed E-state index contributed by atoms with van der Waals surface area (Å²) < 4.78 is 0. The topological polar surface area (TPSA) is 526 Å². The van der Waals surface area contributed by atoms with Crippen LogP contribution in [-0.4, -0.2) is 159 Å². The predicted molar refractivity (Wildman–Crippen MR) is 299 cm³/mol. The Morgan fingerprint density at radius 3 is 1.51 bits per heavy atom. The van der Waals surface area contributed by atoms with Gasteiger partial charge in [-0.15, -0.1) is 0 Å². The molecule has 0 aliphatic carbocycles. The maximum atomic E-state index is 14.3. The second-order valence-corrected chi connectivity index (χ2v) is 21.2. The number of carboxylic acid groups (broad SMARTS) is 1. The van der Waals surface area contributed by atoms with Gasteiger partial charge in [0.15, 0.2) is 5.96 Å². The van der Waals surface area contributed by atoms with E-state index in [4.69, 9.17) is 34.4 Å². The van der Waals surface area contributed by atoms with Crippen molar-refractivity contribution in [2.75, 3.05) is 6.54 Å². The lowest BCUT2D eigenvalue weighted by Gasteiger charge is -2.29. The Hall–Kier alpha value is -8.41. The Balaban J connectivity index is 2.48. The van der Waals surface area contributed by atoms with Crippen LogP contribution < -0.4 is 76.9 Å². The highest BCUT2D eigenvalue weighted by Gasteiger charge is 2.37. The first-order valence-corrected chi connectivity index (χ1v) is 26.9. The fourth-order valence-electron chi connectivity index (χ4n) is 8.36. The minimum atomic E-state index is -1.90. The second kappa shape index (κ2) is 34.0. The Bertz CT molecular complexity index is 2600. The summed E-state index contributed by atoms with van der Waals surface area (Å²) in [6, 6.07) is -6.76. The number of nitrogens with two attached hydrogens (primary N) is 6. The van der Waals surface area contributed by atoms with Gasteiger partial charge in [0.2, 0.25) is 65.0 Å².